The van der Waals surface area contributed by atoms with Gasteiger partial charge in [-0.3, -0.25) is 0 Å². The second kappa shape index (κ2) is 6.81. The molecule has 0 saturated heterocycles. The zero-order valence-electron chi connectivity index (χ0n) is 11.6. The van der Waals surface area contributed by atoms with Gasteiger partial charge in [-0.15, -0.1) is 0 Å². The van der Waals surface area contributed by atoms with Crippen LogP contribution in [0.25, 0.3) is 0 Å². The maximum Gasteiger partial charge on any atom is 0.191 e. The third-order valence-electron chi connectivity index (χ3n) is 2.88. The molecule has 2 aromatic rings. The van der Waals surface area contributed by atoms with E-state index in [4.69, 9.17) is 11.6 Å². The molecule has 0 spiro atoms. The van der Waals surface area contributed by atoms with E-state index in [2.05, 4.69) is 27.5 Å². The van der Waals surface area contributed by atoms with Crippen molar-refractivity contribution in [3.05, 3.63) is 40.9 Å². The highest BCUT2D eigenvalue weighted by Crippen LogP contribution is 2.22. The maximum atomic E-state index is 5.90. The Morgan fingerprint density at radius 2 is 1.80 bits per heavy atom. The number of halogens is 1. The van der Waals surface area contributed by atoms with Gasteiger partial charge in [0.05, 0.1) is 0 Å². The molecule has 2 N–H and O–H groups in total. The Kier molecular flexibility index (Phi) is 5.09. The fraction of sp³-hybridized carbons (Fsp3) is 0.286. The Morgan fingerprint density at radius 3 is 2.40 bits per heavy atom. The minimum absolute atomic E-state index is 0.140. The number of benzene rings is 1. The number of nitrogens with zero attached hydrogens (tertiary/aromatic N) is 2. The molecule has 0 aliphatic heterocycles. The van der Waals surface area contributed by atoms with Crippen molar-refractivity contribution in [2.75, 3.05) is 23.9 Å². The predicted molar refractivity (Wildman–Crippen MR) is 86.8 cm³/mol. The highest BCUT2D eigenvalue weighted by molar-refractivity contribution is 7.98. The molecular weight excluding hydrogens is 292 g/mol. The highest BCUT2D eigenvalue weighted by Gasteiger charge is 2.08. The molecule has 1 atom stereocenters. The summed E-state index contributed by atoms with van der Waals surface area (Å²) in [5.41, 5.74) is 1.16. The molecule has 20 heavy (non-hydrogen) atoms. The molecule has 0 fully saturated rings. The normalized spacial score (nSPS) is 12.0. The van der Waals surface area contributed by atoms with E-state index in [9.17, 15) is 0 Å². The van der Waals surface area contributed by atoms with Crippen LogP contribution in [0.2, 0.25) is 5.02 Å². The Balaban J connectivity index is 2.18. The number of thioether (sulfide) groups is 1. The fourth-order valence-corrected chi connectivity index (χ4v) is 2.28. The van der Waals surface area contributed by atoms with Crippen LogP contribution in [-0.4, -0.2) is 23.3 Å². The van der Waals surface area contributed by atoms with Crippen molar-refractivity contribution < 1.29 is 0 Å². The second-order valence-electron chi connectivity index (χ2n) is 4.29. The van der Waals surface area contributed by atoms with Gasteiger partial charge in [0.1, 0.15) is 11.6 Å². The van der Waals surface area contributed by atoms with Crippen LogP contribution in [0.1, 0.15) is 18.5 Å². The van der Waals surface area contributed by atoms with Crippen LogP contribution in [0.3, 0.4) is 0 Å². The summed E-state index contributed by atoms with van der Waals surface area (Å²) in [7, 11) is 1.85. The van der Waals surface area contributed by atoms with E-state index < -0.39 is 0 Å². The predicted octanol–water partition coefficient (Wildman–Crippen LogP) is 4.07. The lowest BCUT2D eigenvalue weighted by Crippen LogP contribution is -2.09. The zero-order valence-corrected chi connectivity index (χ0v) is 13.2. The summed E-state index contributed by atoms with van der Waals surface area (Å²) in [6.45, 7) is 2.09. The third kappa shape index (κ3) is 3.77. The molecule has 1 heterocycles. The van der Waals surface area contributed by atoms with Crippen LogP contribution in [0.5, 0.6) is 0 Å². The molecule has 106 valence electrons. The third-order valence-corrected chi connectivity index (χ3v) is 3.68. The molecule has 1 aromatic carbocycles. The average molecular weight is 309 g/mol. The standard InChI is InChI=1S/C14H17ClN4S/c1-9(10-4-6-11(15)7-5-10)17-13-8-12(16-2)18-14(19-13)20-3/h4-9H,1-3H3,(H2,16,17,18,19). The van der Waals surface area contributed by atoms with Crippen LogP contribution in [0, 0.1) is 0 Å². The number of aromatic nitrogens is 2. The number of hydrogen-bond acceptors (Lipinski definition) is 5. The first-order valence-corrected chi connectivity index (χ1v) is 7.85. The van der Waals surface area contributed by atoms with Gasteiger partial charge in [-0.05, 0) is 30.9 Å². The van der Waals surface area contributed by atoms with Gasteiger partial charge in [-0.2, -0.15) is 0 Å². The van der Waals surface area contributed by atoms with Gasteiger partial charge in [-0.1, -0.05) is 35.5 Å². The first-order chi connectivity index (χ1) is 9.62. The van der Waals surface area contributed by atoms with Crippen molar-refractivity contribution in [2.45, 2.75) is 18.1 Å². The van der Waals surface area contributed by atoms with E-state index >= 15 is 0 Å². The topological polar surface area (TPSA) is 49.8 Å². The van der Waals surface area contributed by atoms with E-state index in [1.807, 2.05) is 43.6 Å². The lowest BCUT2D eigenvalue weighted by molar-refractivity contribution is 0.856. The minimum atomic E-state index is 0.140. The molecule has 4 nitrogen and oxygen atoms in total. The molecule has 0 aliphatic rings. The Bertz CT molecular complexity index is 552. The number of nitrogens with one attached hydrogen (secondary N) is 2. The maximum absolute atomic E-state index is 5.90. The zero-order chi connectivity index (χ0) is 14.5. The lowest BCUT2D eigenvalue weighted by Gasteiger charge is -2.16. The van der Waals surface area contributed by atoms with Crippen molar-refractivity contribution in [3.63, 3.8) is 0 Å². The van der Waals surface area contributed by atoms with Crippen molar-refractivity contribution in [1.82, 2.24) is 9.97 Å². The summed E-state index contributed by atoms with van der Waals surface area (Å²) in [4.78, 5) is 8.80. The fourth-order valence-electron chi connectivity index (χ4n) is 1.78. The molecule has 2 rings (SSSR count). The van der Waals surface area contributed by atoms with Gasteiger partial charge in [0.25, 0.3) is 0 Å². The molecule has 0 aliphatic carbocycles. The summed E-state index contributed by atoms with van der Waals surface area (Å²) in [6.07, 6.45) is 1.96. The summed E-state index contributed by atoms with van der Waals surface area (Å²) in [6, 6.07) is 9.84. The van der Waals surface area contributed by atoms with Gasteiger partial charge in [0.2, 0.25) is 0 Å². The SMILES string of the molecule is CNc1cc(NC(C)c2ccc(Cl)cc2)nc(SC)n1. The minimum Gasteiger partial charge on any atom is -0.373 e. The van der Waals surface area contributed by atoms with Gasteiger partial charge < -0.3 is 10.6 Å². The molecule has 0 radical (unpaired) electrons. The van der Waals surface area contributed by atoms with Crippen LogP contribution < -0.4 is 10.6 Å². The summed E-state index contributed by atoms with van der Waals surface area (Å²) >= 11 is 7.42. The quantitative estimate of drug-likeness (QED) is 0.644. The molecule has 1 unspecified atom stereocenters. The van der Waals surface area contributed by atoms with Crippen molar-refractivity contribution in [3.8, 4) is 0 Å². The molecular formula is C14H17ClN4S. The Hall–Kier alpha value is -1.46. The van der Waals surface area contributed by atoms with E-state index in [0.29, 0.717) is 0 Å². The van der Waals surface area contributed by atoms with Crippen LogP contribution in [0.4, 0.5) is 11.6 Å². The molecule has 0 amide bonds. The van der Waals surface area contributed by atoms with Crippen molar-refractivity contribution in [1.29, 1.82) is 0 Å². The summed E-state index contributed by atoms with van der Waals surface area (Å²) in [5.74, 6) is 1.60. The smallest absolute Gasteiger partial charge is 0.191 e. The van der Waals surface area contributed by atoms with E-state index in [0.717, 1.165) is 27.4 Å². The van der Waals surface area contributed by atoms with E-state index in [-0.39, 0.29) is 6.04 Å². The van der Waals surface area contributed by atoms with Crippen LogP contribution >= 0.6 is 23.4 Å². The van der Waals surface area contributed by atoms with Crippen LogP contribution in [-0.2, 0) is 0 Å². The summed E-state index contributed by atoms with van der Waals surface area (Å²) in [5, 5.41) is 7.90. The number of hydrogen-bond donors (Lipinski definition) is 2. The van der Waals surface area contributed by atoms with Crippen molar-refractivity contribution in [2.24, 2.45) is 0 Å². The largest absolute Gasteiger partial charge is 0.373 e. The Morgan fingerprint density at radius 1 is 1.15 bits per heavy atom. The van der Waals surface area contributed by atoms with Crippen LogP contribution in [0.15, 0.2) is 35.5 Å². The van der Waals surface area contributed by atoms with Gasteiger partial charge in [0, 0.05) is 24.2 Å². The lowest BCUT2D eigenvalue weighted by atomic mass is 10.1. The first-order valence-electron chi connectivity index (χ1n) is 6.25. The van der Waals surface area contributed by atoms with Gasteiger partial charge >= 0.3 is 0 Å². The highest BCUT2D eigenvalue weighted by atomic mass is 35.5. The van der Waals surface area contributed by atoms with Gasteiger partial charge in [0.15, 0.2) is 5.16 Å². The van der Waals surface area contributed by atoms with E-state index in [1.165, 1.54) is 11.8 Å². The monoisotopic (exact) mass is 308 g/mol. The first kappa shape index (κ1) is 14.9. The number of anilines is 2. The van der Waals surface area contributed by atoms with E-state index in [1.54, 1.807) is 0 Å². The average Bonchev–Trinajstić information content (AvgIpc) is 2.47. The van der Waals surface area contributed by atoms with Gasteiger partial charge in [-0.25, -0.2) is 9.97 Å². The second-order valence-corrected chi connectivity index (χ2v) is 5.50. The molecule has 0 saturated carbocycles. The number of rotatable bonds is 5. The molecule has 1 aromatic heterocycles. The Labute approximate surface area is 128 Å². The van der Waals surface area contributed by atoms with Crippen molar-refractivity contribution >= 4 is 35.0 Å². The summed E-state index contributed by atoms with van der Waals surface area (Å²) < 4.78 is 0. The molecule has 0 bridgehead atoms. The molecule has 6 heteroatoms.